The van der Waals surface area contributed by atoms with Crippen molar-refractivity contribution in [3.8, 4) is 17.2 Å². The minimum atomic E-state index is -0.232. The number of ether oxygens (including phenoxy) is 1. The maximum Gasteiger partial charge on any atom is 0.127 e. The second-order valence-electron chi connectivity index (χ2n) is 8.68. The number of aromatic hydroxyl groups is 2. The lowest BCUT2D eigenvalue weighted by molar-refractivity contribution is -0.0145. The van der Waals surface area contributed by atoms with Gasteiger partial charge in [0.05, 0.1) is 0 Å². The van der Waals surface area contributed by atoms with E-state index >= 15 is 0 Å². The zero-order valence-corrected chi connectivity index (χ0v) is 16.3. The van der Waals surface area contributed by atoms with Gasteiger partial charge in [0, 0.05) is 17.0 Å². The average Bonchev–Trinajstić information content (AvgIpc) is 2.59. The van der Waals surface area contributed by atoms with Gasteiger partial charge in [-0.1, -0.05) is 43.7 Å². The molecule has 4 rings (SSSR count). The number of phenolic OH excluding ortho intramolecular Hbond substituents is 2. The molecule has 1 saturated carbocycles. The van der Waals surface area contributed by atoms with Crippen LogP contribution in [0.3, 0.4) is 0 Å². The molecular weight excluding hydrogens is 336 g/mol. The van der Waals surface area contributed by atoms with Gasteiger partial charge < -0.3 is 14.9 Å². The summed E-state index contributed by atoms with van der Waals surface area (Å²) in [6.45, 7) is 6.65. The number of hydrogen-bond acceptors (Lipinski definition) is 3. The molecule has 1 aliphatic carbocycles. The number of phenols is 2. The molecular formula is C24H28O3. The van der Waals surface area contributed by atoms with E-state index in [2.05, 4.69) is 20.8 Å². The summed E-state index contributed by atoms with van der Waals surface area (Å²) < 4.78 is 6.38. The van der Waals surface area contributed by atoms with Gasteiger partial charge in [-0.15, -0.1) is 0 Å². The first-order valence-electron chi connectivity index (χ1n) is 9.87. The molecule has 1 aliphatic heterocycles. The zero-order chi connectivity index (χ0) is 19.2. The van der Waals surface area contributed by atoms with Crippen LogP contribution in [0, 0.1) is 11.8 Å². The van der Waals surface area contributed by atoms with Crippen molar-refractivity contribution in [3.05, 3.63) is 53.1 Å². The lowest BCUT2D eigenvalue weighted by atomic mass is 9.64. The van der Waals surface area contributed by atoms with Crippen LogP contribution in [0.2, 0.25) is 0 Å². The molecule has 2 aliphatic rings. The highest BCUT2D eigenvalue weighted by atomic mass is 16.5. The molecule has 2 aromatic carbocycles. The molecule has 1 fully saturated rings. The van der Waals surface area contributed by atoms with Crippen LogP contribution < -0.4 is 4.74 Å². The monoisotopic (exact) mass is 364 g/mol. The zero-order valence-electron chi connectivity index (χ0n) is 16.3. The Morgan fingerprint density at radius 3 is 2.59 bits per heavy atom. The highest BCUT2D eigenvalue weighted by Gasteiger charge is 2.46. The predicted molar refractivity (Wildman–Crippen MR) is 109 cm³/mol. The summed E-state index contributed by atoms with van der Waals surface area (Å²) in [4.78, 5) is 0. The summed E-state index contributed by atoms with van der Waals surface area (Å²) in [5.74, 6) is 2.83. The number of fused-ring (bicyclic) bond motifs is 3. The second-order valence-corrected chi connectivity index (χ2v) is 8.68. The van der Waals surface area contributed by atoms with Crippen molar-refractivity contribution < 1.29 is 14.9 Å². The molecule has 0 unspecified atom stereocenters. The summed E-state index contributed by atoms with van der Waals surface area (Å²) in [7, 11) is 0. The van der Waals surface area contributed by atoms with Crippen molar-refractivity contribution in [1.29, 1.82) is 0 Å². The van der Waals surface area contributed by atoms with E-state index in [-0.39, 0.29) is 11.4 Å². The van der Waals surface area contributed by atoms with Crippen LogP contribution >= 0.6 is 0 Å². The Labute approximate surface area is 161 Å². The topological polar surface area (TPSA) is 49.7 Å². The van der Waals surface area contributed by atoms with Gasteiger partial charge in [-0.25, -0.2) is 0 Å². The first-order valence-corrected chi connectivity index (χ1v) is 9.87. The highest BCUT2D eigenvalue weighted by molar-refractivity contribution is 5.74. The van der Waals surface area contributed by atoms with Crippen molar-refractivity contribution >= 4 is 12.2 Å². The van der Waals surface area contributed by atoms with Gasteiger partial charge in [0.15, 0.2) is 0 Å². The van der Waals surface area contributed by atoms with Crippen LogP contribution in [0.5, 0.6) is 17.2 Å². The lowest BCUT2D eigenvalue weighted by Crippen LogP contribution is -2.46. The summed E-state index contributed by atoms with van der Waals surface area (Å²) >= 11 is 0. The van der Waals surface area contributed by atoms with E-state index in [1.807, 2.05) is 36.4 Å². The lowest BCUT2D eigenvalue weighted by Gasteiger charge is -2.48. The minimum Gasteiger partial charge on any atom is -0.507 e. The molecule has 0 spiro atoms. The second kappa shape index (κ2) is 6.63. The van der Waals surface area contributed by atoms with E-state index < -0.39 is 0 Å². The first-order chi connectivity index (χ1) is 12.8. The standard InChI is InChI=1S/C24H28O3/c1-15-8-11-19-18(12-15)23-21(26)13-16(14-22(23)27-24(19,2)3)9-10-17-6-4-5-7-20(17)25/h4-7,9-10,13-15,18-19,25-26H,8,11-12H2,1-3H3/b10-9+/t15-,18-,19-/m1/s1. The fraction of sp³-hybridized carbons (Fsp3) is 0.417. The quantitative estimate of drug-likeness (QED) is 0.647. The third kappa shape index (κ3) is 3.31. The van der Waals surface area contributed by atoms with Crippen molar-refractivity contribution in [1.82, 2.24) is 0 Å². The maximum absolute atomic E-state index is 10.8. The van der Waals surface area contributed by atoms with Crippen LogP contribution in [-0.4, -0.2) is 15.8 Å². The van der Waals surface area contributed by atoms with Gasteiger partial charge >= 0.3 is 0 Å². The van der Waals surface area contributed by atoms with Crippen LogP contribution in [0.15, 0.2) is 36.4 Å². The maximum atomic E-state index is 10.8. The number of rotatable bonds is 2. The Morgan fingerprint density at radius 2 is 1.81 bits per heavy atom. The number of hydrogen-bond donors (Lipinski definition) is 2. The highest BCUT2D eigenvalue weighted by Crippen LogP contribution is 2.55. The molecule has 2 N–H and O–H groups in total. The molecule has 0 amide bonds. The summed E-state index contributed by atoms with van der Waals surface area (Å²) in [6, 6.07) is 11.0. The third-order valence-corrected chi connectivity index (χ3v) is 6.28. The molecule has 3 nitrogen and oxygen atoms in total. The predicted octanol–water partition coefficient (Wildman–Crippen LogP) is 5.96. The molecule has 1 heterocycles. The smallest absolute Gasteiger partial charge is 0.127 e. The summed E-state index contributed by atoms with van der Waals surface area (Å²) in [6.07, 6.45) is 7.24. The summed E-state index contributed by atoms with van der Waals surface area (Å²) in [5, 5.41) is 20.8. The molecule has 0 radical (unpaired) electrons. The molecule has 0 aromatic heterocycles. The SMILES string of the molecule is C[C@@H]1CC[C@@H]2[C@@H](C1)c1c(O)cc(/C=C/c3ccccc3O)cc1OC2(C)C. The number of benzene rings is 2. The van der Waals surface area contributed by atoms with Crippen molar-refractivity contribution in [2.24, 2.45) is 11.8 Å². The van der Waals surface area contributed by atoms with Gasteiger partial charge in [-0.3, -0.25) is 0 Å². The molecule has 3 heteroatoms. The van der Waals surface area contributed by atoms with Crippen molar-refractivity contribution in [2.45, 2.75) is 51.6 Å². The van der Waals surface area contributed by atoms with Gasteiger partial charge in [-0.2, -0.15) is 0 Å². The Balaban J connectivity index is 1.72. The van der Waals surface area contributed by atoms with Gasteiger partial charge in [0.25, 0.3) is 0 Å². The average molecular weight is 364 g/mol. The third-order valence-electron chi connectivity index (χ3n) is 6.28. The molecule has 27 heavy (non-hydrogen) atoms. The Hall–Kier alpha value is -2.42. The van der Waals surface area contributed by atoms with Crippen molar-refractivity contribution in [2.75, 3.05) is 0 Å². The van der Waals surface area contributed by atoms with E-state index in [1.54, 1.807) is 12.1 Å². The van der Waals surface area contributed by atoms with E-state index in [9.17, 15) is 10.2 Å². The van der Waals surface area contributed by atoms with E-state index in [0.717, 1.165) is 35.3 Å². The van der Waals surface area contributed by atoms with Gasteiger partial charge in [0.2, 0.25) is 0 Å². The first kappa shape index (κ1) is 18.0. The minimum absolute atomic E-state index is 0.232. The molecule has 0 saturated heterocycles. The van der Waals surface area contributed by atoms with Gasteiger partial charge in [-0.05, 0) is 62.3 Å². The van der Waals surface area contributed by atoms with Crippen molar-refractivity contribution in [3.63, 3.8) is 0 Å². The largest absolute Gasteiger partial charge is 0.507 e. The fourth-order valence-corrected chi connectivity index (χ4v) is 4.89. The van der Waals surface area contributed by atoms with Crippen LogP contribution in [0.1, 0.15) is 62.6 Å². The van der Waals surface area contributed by atoms with Crippen LogP contribution in [0.25, 0.3) is 12.2 Å². The van der Waals surface area contributed by atoms with Crippen LogP contribution in [0.4, 0.5) is 0 Å². The van der Waals surface area contributed by atoms with Gasteiger partial charge in [0.1, 0.15) is 22.8 Å². The fourth-order valence-electron chi connectivity index (χ4n) is 4.89. The summed E-state index contributed by atoms with van der Waals surface area (Å²) in [5.41, 5.74) is 2.36. The molecule has 2 aromatic rings. The van der Waals surface area contributed by atoms with E-state index in [1.165, 1.54) is 6.42 Å². The Morgan fingerprint density at radius 1 is 1.04 bits per heavy atom. The Kier molecular flexibility index (Phi) is 4.41. The Bertz CT molecular complexity index is 881. The molecule has 3 atom stereocenters. The molecule has 0 bridgehead atoms. The van der Waals surface area contributed by atoms with E-state index in [0.29, 0.717) is 23.5 Å². The number of para-hydroxylation sites is 1. The van der Waals surface area contributed by atoms with Crippen LogP contribution in [-0.2, 0) is 0 Å². The van der Waals surface area contributed by atoms with E-state index in [4.69, 9.17) is 4.74 Å². The normalized spacial score (nSPS) is 26.3. The molecule has 142 valence electrons.